The summed E-state index contributed by atoms with van der Waals surface area (Å²) in [6, 6.07) is 6.18. The van der Waals surface area contributed by atoms with E-state index in [0.717, 1.165) is 0 Å². The van der Waals surface area contributed by atoms with E-state index in [1.165, 1.54) is 11.8 Å². The second kappa shape index (κ2) is 6.76. The maximum absolute atomic E-state index is 12.2. The molecule has 1 atom stereocenters. The minimum Gasteiger partial charge on any atom is -0.450 e. The predicted molar refractivity (Wildman–Crippen MR) is 79.6 cm³/mol. The number of hydrogen-bond donors (Lipinski definition) is 1. The van der Waals surface area contributed by atoms with Gasteiger partial charge in [0.1, 0.15) is 6.04 Å². The van der Waals surface area contributed by atoms with Crippen LogP contribution in [0.4, 0.5) is 4.79 Å². The van der Waals surface area contributed by atoms with Crippen LogP contribution in [0.25, 0.3) is 0 Å². The van der Waals surface area contributed by atoms with E-state index in [0.29, 0.717) is 21.5 Å². The second-order valence-corrected chi connectivity index (χ2v) is 5.42. The highest BCUT2D eigenvalue weighted by Gasteiger charge is 2.27. The largest absolute Gasteiger partial charge is 0.450 e. The molecule has 0 bridgehead atoms. The van der Waals surface area contributed by atoms with Gasteiger partial charge in [0.15, 0.2) is 11.0 Å². The van der Waals surface area contributed by atoms with Gasteiger partial charge < -0.3 is 4.74 Å². The quantitative estimate of drug-likeness (QED) is 0.871. The van der Waals surface area contributed by atoms with Crippen molar-refractivity contribution in [3.8, 4) is 0 Å². The SMILES string of the molecule is CCOC(=O)NC1=NC(C(=O)c2ccc(Cl)cc2)CS1. The Morgan fingerprint density at radius 1 is 1.45 bits per heavy atom. The highest BCUT2D eigenvalue weighted by atomic mass is 35.5. The second-order valence-electron chi connectivity index (χ2n) is 3.98. The molecular weight excluding hydrogens is 300 g/mol. The first-order valence-corrected chi connectivity index (χ1v) is 7.40. The Morgan fingerprint density at radius 3 is 2.80 bits per heavy atom. The predicted octanol–water partition coefficient (Wildman–Crippen LogP) is 2.74. The number of hydrogen-bond acceptors (Lipinski definition) is 5. The summed E-state index contributed by atoms with van der Waals surface area (Å²) in [6.45, 7) is 2.01. The number of halogens is 1. The number of carbonyl (C=O) groups is 2. The van der Waals surface area contributed by atoms with Crippen molar-refractivity contribution >= 4 is 40.4 Å². The number of Topliss-reactive ketones (excluding diaryl/α,β-unsaturated/α-hetero) is 1. The number of aliphatic imine (C=N–C) groups is 1. The molecule has 1 N–H and O–H groups in total. The third kappa shape index (κ3) is 3.74. The summed E-state index contributed by atoms with van der Waals surface area (Å²) in [5.41, 5.74) is 0.557. The lowest BCUT2D eigenvalue weighted by Gasteiger charge is -2.04. The number of amides is 1. The Morgan fingerprint density at radius 2 is 2.15 bits per heavy atom. The summed E-state index contributed by atoms with van der Waals surface area (Å²) in [5.74, 6) is 0.415. The summed E-state index contributed by atoms with van der Waals surface area (Å²) in [4.78, 5) is 27.7. The normalized spacial score (nSPS) is 17.5. The third-order valence-corrected chi connectivity index (χ3v) is 3.78. The van der Waals surface area contributed by atoms with Crippen LogP contribution in [0.2, 0.25) is 5.02 Å². The van der Waals surface area contributed by atoms with Gasteiger partial charge in [-0.15, -0.1) is 0 Å². The van der Waals surface area contributed by atoms with Gasteiger partial charge in [-0.2, -0.15) is 0 Å². The molecule has 0 aromatic heterocycles. The van der Waals surface area contributed by atoms with Gasteiger partial charge in [-0.25, -0.2) is 9.79 Å². The van der Waals surface area contributed by atoms with Crippen LogP contribution in [0.1, 0.15) is 17.3 Å². The Kier molecular flexibility index (Phi) is 5.03. The van der Waals surface area contributed by atoms with Crippen molar-refractivity contribution in [3.63, 3.8) is 0 Å². The van der Waals surface area contributed by atoms with Crippen molar-refractivity contribution in [2.24, 2.45) is 4.99 Å². The lowest BCUT2D eigenvalue weighted by atomic mass is 10.1. The van der Waals surface area contributed by atoms with Crippen LogP contribution >= 0.6 is 23.4 Å². The van der Waals surface area contributed by atoms with Gasteiger partial charge in [0.25, 0.3) is 0 Å². The van der Waals surface area contributed by atoms with Crippen LogP contribution < -0.4 is 5.32 Å². The number of carbonyl (C=O) groups excluding carboxylic acids is 2. The number of alkyl carbamates (subject to hydrolysis) is 1. The standard InChI is InChI=1S/C13H13ClN2O3S/c1-2-19-13(18)16-12-15-10(7-20-12)11(17)8-3-5-9(14)6-4-8/h3-6,10H,2,7H2,1H3,(H,15,16,18). The Balaban J connectivity index is 2.00. The molecule has 1 aromatic rings. The molecule has 0 fully saturated rings. The summed E-state index contributed by atoms with van der Waals surface area (Å²) in [7, 11) is 0. The molecule has 106 valence electrons. The van der Waals surface area contributed by atoms with E-state index >= 15 is 0 Å². The molecule has 1 unspecified atom stereocenters. The van der Waals surface area contributed by atoms with Crippen LogP contribution in [-0.2, 0) is 4.74 Å². The molecule has 0 aliphatic carbocycles. The first-order chi connectivity index (χ1) is 9.60. The minimum absolute atomic E-state index is 0.0881. The molecule has 1 heterocycles. The molecule has 2 rings (SSSR count). The minimum atomic E-state index is -0.557. The Labute approximate surface area is 125 Å². The Hall–Kier alpha value is -1.53. The van der Waals surface area contributed by atoms with E-state index in [9.17, 15) is 9.59 Å². The zero-order chi connectivity index (χ0) is 14.5. The van der Waals surface area contributed by atoms with E-state index < -0.39 is 12.1 Å². The highest BCUT2D eigenvalue weighted by Crippen LogP contribution is 2.21. The number of rotatable bonds is 3. The molecule has 20 heavy (non-hydrogen) atoms. The molecule has 1 aliphatic heterocycles. The van der Waals surface area contributed by atoms with Crippen LogP contribution in [-0.4, -0.2) is 35.4 Å². The van der Waals surface area contributed by atoms with Crippen LogP contribution in [0.15, 0.2) is 29.3 Å². The number of thioether (sulfide) groups is 1. The fourth-order valence-corrected chi connectivity index (χ4v) is 2.66. The van der Waals surface area contributed by atoms with Gasteiger partial charge in [0.2, 0.25) is 0 Å². The van der Waals surface area contributed by atoms with Crippen molar-refractivity contribution in [2.75, 3.05) is 12.4 Å². The molecule has 0 spiro atoms. The van der Waals surface area contributed by atoms with Crippen LogP contribution in [0.5, 0.6) is 0 Å². The van der Waals surface area contributed by atoms with Gasteiger partial charge >= 0.3 is 6.09 Å². The molecule has 0 radical (unpaired) electrons. The summed E-state index contributed by atoms with van der Waals surface area (Å²) in [6.07, 6.45) is -0.557. The highest BCUT2D eigenvalue weighted by molar-refractivity contribution is 8.14. The van der Waals surface area contributed by atoms with Crippen molar-refractivity contribution in [1.29, 1.82) is 0 Å². The smallest absolute Gasteiger partial charge is 0.413 e. The summed E-state index contributed by atoms with van der Waals surface area (Å²) >= 11 is 7.10. The number of ketones is 1. The lowest BCUT2D eigenvalue weighted by Crippen LogP contribution is -2.28. The van der Waals surface area contributed by atoms with Crippen LogP contribution in [0.3, 0.4) is 0 Å². The summed E-state index contributed by atoms with van der Waals surface area (Å²) < 4.78 is 4.75. The zero-order valence-electron chi connectivity index (χ0n) is 10.8. The fourth-order valence-electron chi connectivity index (χ4n) is 1.64. The molecular formula is C13H13ClN2O3S. The molecule has 7 heteroatoms. The van der Waals surface area contributed by atoms with Crippen LogP contribution in [0, 0.1) is 0 Å². The Bertz CT molecular complexity index is 545. The molecule has 5 nitrogen and oxygen atoms in total. The zero-order valence-corrected chi connectivity index (χ0v) is 12.3. The summed E-state index contributed by atoms with van der Waals surface area (Å²) in [5, 5.41) is 3.50. The average molecular weight is 313 g/mol. The van der Waals surface area contributed by atoms with Gasteiger partial charge in [-0.05, 0) is 31.2 Å². The molecule has 1 aliphatic rings. The van der Waals surface area contributed by atoms with Gasteiger partial charge in [-0.3, -0.25) is 10.1 Å². The first-order valence-electron chi connectivity index (χ1n) is 6.04. The van der Waals surface area contributed by atoms with Gasteiger partial charge in [-0.1, -0.05) is 23.4 Å². The number of benzene rings is 1. The number of amidine groups is 1. The van der Waals surface area contributed by atoms with Gasteiger partial charge in [0.05, 0.1) is 6.61 Å². The van der Waals surface area contributed by atoms with E-state index in [1.54, 1.807) is 31.2 Å². The maximum atomic E-state index is 12.2. The van der Waals surface area contributed by atoms with Crippen molar-refractivity contribution in [2.45, 2.75) is 13.0 Å². The average Bonchev–Trinajstić information content (AvgIpc) is 2.87. The van der Waals surface area contributed by atoms with Crippen molar-refractivity contribution in [3.05, 3.63) is 34.9 Å². The number of nitrogens with one attached hydrogen (secondary N) is 1. The first kappa shape index (κ1) is 14.9. The fraction of sp³-hybridized carbons (Fsp3) is 0.308. The monoisotopic (exact) mass is 312 g/mol. The van der Waals surface area contributed by atoms with E-state index in [4.69, 9.17) is 16.3 Å². The van der Waals surface area contributed by atoms with E-state index in [-0.39, 0.29) is 12.4 Å². The lowest BCUT2D eigenvalue weighted by molar-refractivity contribution is 0.0971. The topological polar surface area (TPSA) is 67.8 Å². The van der Waals surface area contributed by atoms with Crippen molar-refractivity contribution in [1.82, 2.24) is 5.32 Å². The molecule has 1 aromatic carbocycles. The molecule has 1 amide bonds. The maximum Gasteiger partial charge on any atom is 0.413 e. The van der Waals surface area contributed by atoms with E-state index in [2.05, 4.69) is 10.3 Å². The number of nitrogens with zero attached hydrogens (tertiary/aromatic N) is 1. The molecule has 0 saturated carbocycles. The molecule has 0 saturated heterocycles. The van der Waals surface area contributed by atoms with E-state index in [1.807, 2.05) is 0 Å². The van der Waals surface area contributed by atoms with Crippen molar-refractivity contribution < 1.29 is 14.3 Å². The number of ether oxygens (including phenoxy) is 1. The third-order valence-electron chi connectivity index (χ3n) is 2.57. The van der Waals surface area contributed by atoms with Gasteiger partial charge in [0, 0.05) is 16.3 Å².